The highest BCUT2D eigenvalue weighted by Gasteiger charge is 2.46. The number of benzene rings is 1. The Morgan fingerprint density at radius 1 is 1.35 bits per heavy atom. The molecule has 26 heavy (non-hydrogen) atoms. The minimum atomic E-state index is -0.514. The molecule has 1 aromatic carbocycles. The standard InChI is InChI=1S/C19H21BrN2O3S/c1-10(2)9-25-18(24)15-11(3)21-19-22(17(23)12(4)26-19)16(15)13-5-7-14(20)8-6-13/h5-8,10,12,16H,9H2,1-4H3/t12-,16-/m1/s1. The van der Waals surface area contributed by atoms with Crippen molar-refractivity contribution in [3.8, 4) is 0 Å². The molecule has 2 aliphatic rings. The van der Waals surface area contributed by atoms with Crippen molar-refractivity contribution >= 4 is 44.7 Å². The predicted octanol–water partition coefficient (Wildman–Crippen LogP) is 4.30. The highest BCUT2D eigenvalue weighted by Crippen LogP contribution is 2.43. The van der Waals surface area contributed by atoms with Crippen molar-refractivity contribution in [3.63, 3.8) is 0 Å². The van der Waals surface area contributed by atoms with E-state index >= 15 is 0 Å². The Bertz CT molecular complexity index is 802. The summed E-state index contributed by atoms with van der Waals surface area (Å²) in [6.45, 7) is 7.97. The molecule has 1 fully saturated rings. The molecule has 0 aromatic heterocycles. The summed E-state index contributed by atoms with van der Waals surface area (Å²) in [5, 5.41) is 0.430. The first-order valence-corrected chi connectivity index (χ1v) is 10.2. The lowest BCUT2D eigenvalue weighted by atomic mass is 9.94. The van der Waals surface area contributed by atoms with Crippen LogP contribution in [0.25, 0.3) is 0 Å². The second-order valence-corrected chi connectivity index (χ2v) is 9.03. The maximum atomic E-state index is 12.8. The number of aliphatic imine (C=N–C) groups is 1. The summed E-state index contributed by atoms with van der Waals surface area (Å²) in [6, 6.07) is 7.14. The van der Waals surface area contributed by atoms with Gasteiger partial charge < -0.3 is 4.74 Å². The van der Waals surface area contributed by atoms with E-state index in [4.69, 9.17) is 4.74 Å². The van der Waals surface area contributed by atoms with E-state index in [0.29, 0.717) is 23.0 Å². The van der Waals surface area contributed by atoms with Crippen LogP contribution in [0.15, 0.2) is 45.0 Å². The SMILES string of the molecule is CC1=C(C(=O)OCC(C)C)[C@@H](c2ccc(Br)cc2)N2C(=O)[C@@H](C)SC2=N1. The number of allylic oxidation sites excluding steroid dienone is 1. The first-order valence-electron chi connectivity index (χ1n) is 8.51. The number of carbonyl (C=O) groups excluding carboxylic acids is 2. The predicted molar refractivity (Wildman–Crippen MR) is 107 cm³/mol. The third-order valence-corrected chi connectivity index (χ3v) is 5.79. The molecule has 5 nitrogen and oxygen atoms in total. The number of esters is 1. The largest absolute Gasteiger partial charge is 0.462 e. The third-order valence-electron chi connectivity index (χ3n) is 4.21. The zero-order valence-corrected chi connectivity index (χ0v) is 17.6. The van der Waals surface area contributed by atoms with Crippen LogP contribution in [0.3, 0.4) is 0 Å². The van der Waals surface area contributed by atoms with Crippen molar-refractivity contribution in [2.24, 2.45) is 10.9 Å². The maximum absolute atomic E-state index is 12.8. The van der Waals surface area contributed by atoms with Crippen LogP contribution in [0, 0.1) is 5.92 Å². The fourth-order valence-corrected chi connectivity index (χ4v) is 4.24. The Balaban J connectivity index is 2.06. The lowest BCUT2D eigenvalue weighted by molar-refractivity contribution is -0.141. The van der Waals surface area contributed by atoms with Gasteiger partial charge in [-0.25, -0.2) is 9.79 Å². The summed E-state index contributed by atoms with van der Waals surface area (Å²) in [6.07, 6.45) is 0. The van der Waals surface area contributed by atoms with Crippen molar-refractivity contribution in [3.05, 3.63) is 45.6 Å². The number of amidine groups is 1. The highest BCUT2D eigenvalue weighted by atomic mass is 79.9. The average molecular weight is 437 g/mol. The van der Waals surface area contributed by atoms with E-state index in [1.165, 1.54) is 11.8 Å². The molecule has 0 bridgehead atoms. The Labute approximate surface area is 166 Å². The van der Waals surface area contributed by atoms with Crippen LogP contribution in [-0.4, -0.2) is 33.8 Å². The number of halogens is 1. The second kappa shape index (κ2) is 7.56. The molecule has 2 aliphatic heterocycles. The van der Waals surface area contributed by atoms with E-state index < -0.39 is 12.0 Å². The van der Waals surface area contributed by atoms with Crippen molar-refractivity contribution < 1.29 is 14.3 Å². The highest BCUT2D eigenvalue weighted by molar-refractivity contribution is 9.10. The van der Waals surface area contributed by atoms with Crippen LogP contribution in [0.5, 0.6) is 0 Å². The van der Waals surface area contributed by atoms with Crippen LogP contribution in [0.2, 0.25) is 0 Å². The fourth-order valence-electron chi connectivity index (χ4n) is 2.94. The first-order chi connectivity index (χ1) is 12.3. The number of hydrogen-bond acceptors (Lipinski definition) is 5. The van der Waals surface area contributed by atoms with Crippen molar-refractivity contribution in [1.29, 1.82) is 0 Å². The lowest BCUT2D eigenvalue weighted by Crippen LogP contribution is -2.40. The molecule has 3 rings (SSSR count). The normalized spacial score (nSPS) is 22.6. The molecule has 7 heteroatoms. The molecule has 0 unspecified atom stereocenters. The van der Waals surface area contributed by atoms with E-state index in [0.717, 1.165) is 10.0 Å². The molecule has 0 aliphatic carbocycles. The van der Waals surface area contributed by atoms with Crippen LogP contribution in [0.1, 0.15) is 39.3 Å². The van der Waals surface area contributed by atoms with Gasteiger partial charge in [-0.2, -0.15) is 0 Å². The summed E-state index contributed by atoms with van der Waals surface area (Å²) in [5.74, 6) is -0.217. The molecule has 1 amide bonds. The minimum absolute atomic E-state index is 0.0386. The summed E-state index contributed by atoms with van der Waals surface area (Å²) in [7, 11) is 0. The molecular weight excluding hydrogens is 416 g/mol. The monoisotopic (exact) mass is 436 g/mol. The van der Waals surface area contributed by atoms with Gasteiger partial charge in [0.25, 0.3) is 0 Å². The summed E-state index contributed by atoms with van der Waals surface area (Å²) >= 11 is 4.86. The molecular formula is C19H21BrN2O3S. The zero-order chi connectivity index (χ0) is 19.0. The minimum Gasteiger partial charge on any atom is -0.462 e. The number of nitrogens with zero attached hydrogens (tertiary/aromatic N) is 2. The number of hydrogen-bond donors (Lipinski definition) is 0. The van der Waals surface area contributed by atoms with Crippen LogP contribution in [0.4, 0.5) is 0 Å². The van der Waals surface area contributed by atoms with Crippen molar-refractivity contribution in [2.75, 3.05) is 6.61 Å². The van der Waals surface area contributed by atoms with E-state index in [2.05, 4.69) is 20.9 Å². The van der Waals surface area contributed by atoms with E-state index in [1.807, 2.05) is 45.0 Å². The quantitative estimate of drug-likeness (QED) is 0.660. The first kappa shape index (κ1) is 19.2. The van der Waals surface area contributed by atoms with Crippen LogP contribution < -0.4 is 0 Å². The number of amides is 1. The Morgan fingerprint density at radius 2 is 2.00 bits per heavy atom. The number of rotatable bonds is 4. The van der Waals surface area contributed by atoms with Gasteiger partial charge in [0.05, 0.1) is 29.2 Å². The van der Waals surface area contributed by atoms with Gasteiger partial charge in [-0.15, -0.1) is 0 Å². The second-order valence-electron chi connectivity index (χ2n) is 6.81. The van der Waals surface area contributed by atoms with Gasteiger partial charge in [0, 0.05) is 4.47 Å². The maximum Gasteiger partial charge on any atom is 0.338 e. The average Bonchev–Trinajstić information content (AvgIpc) is 2.86. The molecule has 0 radical (unpaired) electrons. The number of thioether (sulfide) groups is 1. The van der Waals surface area contributed by atoms with Gasteiger partial charge in [-0.3, -0.25) is 9.69 Å². The van der Waals surface area contributed by atoms with Gasteiger partial charge >= 0.3 is 5.97 Å². The van der Waals surface area contributed by atoms with Crippen molar-refractivity contribution in [2.45, 2.75) is 39.0 Å². The van der Waals surface area contributed by atoms with Crippen LogP contribution in [-0.2, 0) is 14.3 Å². The lowest BCUT2D eigenvalue weighted by Gasteiger charge is -2.33. The molecule has 0 saturated carbocycles. The molecule has 138 valence electrons. The molecule has 0 spiro atoms. The topological polar surface area (TPSA) is 59.0 Å². The number of ether oxygens (including phenoxy) is 1. The summed E-state index contributed by atoms with van der Waals surface area (Å²) in [4.78, 5) is 31.8. The smallest absolute Gasteiger partial charge is 0.338 e. The molecule has 0 N–H and O–H groups in total. The number of fused-ring (bicyclic) bond motifs is 1. The zero-order valence-electron chi connectivity index (χ0n) is 15.2. The van der Waals surface area contributed by atoms with E-state index in [1.54, 1.807) is 11.8 Å². The van der Waals surface area contributed by atoms with Gasteiger partial charge in [-0.05, 0) is 37.5 Å². The third kappa shape index (κ3) is 3.60. The Hall–Kier alpha value is -1.60. The molecule has 1 saturated heterocycles. The van der Waals surface area contributed by atoms with Gasteiger partial charge in [0.1, 0.15) is 0 Å². The summed E-state index contributed by atoms with van der Waals surface area (Å²) < 4.78 is 6.42. The van der Waals surface area contributed by atoms with Crippen molar-refractivity contribution in [1.82, 2.24) is 4.90 Å². The fraction of sp³-hybridized carbons (Fsp3) is 0.421. The van der Waals surface area contributed by atoms with Gasteiger partial charge in [0.15, 0.2) is 5.17 Å². The summed E-state index contributed by atoms with van der Waals surface area (Å²) in [5.41, 5.74) is 1.89. The van der Waals surface area contributed by atoms with Gasteiger partial charge in [0.2, 0.25) is 5.91 Å². The van der Waals surface area contributed by atoms with Gasteiger partial charge in [-0.1, -0.05) is 53.7 Å². The Kier molecular flexibility index (Phi) is 5.58. The number of carbonyl (C=O) groups is 2. The molecule has 1 aromatic rings. The molecule has 2 atom stereocenters. The van der Waals surface area contributed by atoms with E-state index in [-0.39, 0.29) is 17.1 Å². The van der Waals surface area contributed by atoms with Crippen LogP contribution >= 0.6 is 27.7 Å². The Morgan fingerprint density at radius 3 is 2.62 bits per heavy atom. The molecule has 2 heterocycles. The van der Waals surface area contributed by atoms with E-state index in [9.17, 15) is 9.59 Å².